The molecule has 0 fully saturated rings. The highest BCUT2D eigenvalue weighted by Gasteiger charge is 2.28. The van der Waals surface area contributed by atoms with Crippen LogP contribution in [0.15, 0.2) is 41.4 Å². The van der Waals surface area contributed by atoms with Crippen LogP contribution in [-0.4, -0.2) is 19.7 Å². The zero-order valence-electron chi connectivity index (χ0n) is 16.4. The van der Waals surface area contributed by atoms with Gasteiger partial charge >= 0.3 is 5.97 Å². The van der Waals surface area contributed by atoms with Crippen LogP contribution in [0.5, 0.6) is 5.75 Å². The second-order valence-corrected chi connectivity index (χ2v) is 9.77. The van der Waals surface area contributed by atoms with Crippen molar-refractivity contribution >= 4 is 50.1 Å². The van der Waals surface area contributed by atoms with Crippen molar-refractivity contribution in [1.82, 2.24) is 0 Å². The Kier molecular flexibility index (Phi) is 6.54. The maximum Gasteiger partial charge on any atom is 0.337 e. The summed E-state index contributed by atoms with van der Waals surface area (Å²) in [6.07, 6.45) is 3.55. The fourth-order valence-corrected chi connectivity index (χ4v) is 4.98. The number of hydrogen-bond donors (Lipinski definition) is 0. The molecule has 5 heteroatoms. The van der Waals surface area contributed by atoms with Gasteiger partial charge in [0.15, 0.2) is 0 Å². The highest BCUT2D eigenvalue weighted by Crippen LogP contribution is 2.40. The van der Waals surface area contributed by atoms with Crippen molar-refractivity contribution in [1.29, 1.82) is 0 Å². The molecule has 0 saturated heterocycles. The molecule has 0 saturated carbocycles. The number of ether oxygens (including phenoxy) is 2. The Hall–Kier alpha value is -1.34. The third-order valence-electron chi connectivity index (χ3n) is 5.31. The summed E-state index contributed by atoms with van der Waals surface area (Å²) < 4.78 is 12.7. The van der Waals surface area contributed by atoms with Crippen molar-refractivity contribution in [3.05, 3.63) is 67.2 Å². The van der Waals surface area contributed by atoms with E-state index in [1.165, 1.54) is 31.1 Å². The third kappa shape index (κ3) is 4.46. The smallest absolute Gasteiger partial charge is 0.337 e. The van der Waals surface area contributed by atoms with E-state index in [0.29, 0.717) is 12.2 Å². The fraction of sp³-hybridized carbons (Fsp3) is 0.348. The van der Waals surface area contributed by atoms with Gasteiger partial charge in [0.2, 0.25) is 0 Å². The Morgan fingerprint density at radius 1 is 1.29 bits per heavy atom. The summed E-state index contributed by atoms with van der Waals surface area (Å²) in [7, 11) is 1.38. The minimum Gasteiger partial charge on any atom is -0.488 e. The van der Waals surface area contributed by atoms with E-state index in [1.807, 2.05) is 0 Å². The second kappa shape index (κ2) is 8.57. The number of carbonyl (C=O) groups excluding carboxylic acids is 1. The lowest BCUT2D eigenvalue weighted by Gasteiger charge is -2.33. The van der Waals surface area contributed by atoms with Crippen LogP contribution in [-0.2, 0) is 16.6 Å². The number of halogens is 2. The summed E-state index contributed by atoms with van der Waals surface area (Å²) >= 11 is 5.90. The molecule has 0 aliphatic heterocycles. The van der Waals surface area contributed by atoms with Gasteiger partial charge in [0, 0.05) is 4.47 Å². The number of aryl methyl sites for hydroxylation is 1. The number of hydrogen-bond acceptors (Lipinski definition) is 3. The van der Waals surface area contributed by atoms with Crippen LogP contribution >= 0.6 is 38.5 Å². The molecule has 0 unspecified atom stereocenters. The highest BCUT2D eigenvalue weighted by molar-refractivity contribution is 14.1. The van der Waals surface area contributed by atoms with Crippen LogP contribution < -0.4 is 4.74 Å². The molecular formula is C23H24BrIO3. The molecule has 0 heterocycles. The van der Waals surface area contributed by atoms with Crippen LogP contribution in [0, 0.1) is 3.57 Å². The van der Waals surface area contributed by atoms with Gasteiger partial charge in [-0.1, -0.05) is 36.4 Å². The average molecular weight is 555 g/mol. The Bertz CT molecular complexity index is 934. The van der Waals surface area contributed by atoms with Gasteiger partial charge in [-0.15, -0.1) is 0 Å². The molecule has 0 spiro atoms. The Balaban J connectivity index is 1.76. The number of benzene rings is 2. The maximum absolute atomic E-state index is 11.6. The molecule has 3 nitrogen and oxygen atoms in total. The lowest BCUT2D eigenvalue weighted by atomic mass is 9.72. The Labute approximate surface area is 188 Å². The summed E-state index contributed by atoms with van der Waals surface area (Å²) in [6.45, 7) is 9.26. The molecule has 148 valence electrons. The highest BCUT2D eigenvalue weighted by atomic mass is 127. The van der Waals surface area contributed by atoms with Crippen molar-refractivity contribution in [2.75, 3.05) is 13.7 Å². The maximum atomic E-state index is 11.6. The first-order valence-corrected chi connectivity index (χ1v) is 11.1. The van der Waals surface area contributed by atoms with Gasteiger partial charge in [0.25, 0.3) is 0 Å². The summed E-state index contributed by atoms with van der Waals surface area (Å²) in [5.74, 6) is 0.374. The first-order valence-electron chi connectivity index (χ1n) is 9.24. The number of rotatable bonds is 5. The number of esters is 1. The SMILES string of the molecule is C=C(COc1ccc(C(=O)OC)cc1I)c1cc2c(cc1Br)C(C)(C)CCC2. The molecule has 28 heavy (non-hydrogen) atoms. The van der Waals surface area contributed by atoms with Gasteiger partial charge in [-0.25, -0.2) is 4.79 Å². The van der Waals surface area contributed by atoms with Crippen LogP contribution in [0.2, 0.25) is 0 Å². The lowest BCUT2D eigenvalue weighted by molar-refractivity contribution is 0.0600. The van der Waals surface area contributed by atoms with E-state index in [2.05, 4.69) is 71.1 Å². The summed E-state index contributed by atoms with van der Waals surface area (Å²) in [4.78, 5) is 11.6. The average Bonchev–Trinajstić information content (AvgIpc) is 2.66. The minimum absolute atomic E-state index is 0.212. The molecular weight excluding hydrogens is 531 g/mol. The van der Waals surface area contributed by atoms with Gasteiger partial charge in [-0.05, 0) is 99.9 Å². The van der Waals surface area contributed by atoms with E-state index in [0.717, 1.165) is 31.3 Å². The van der Waals surface area contributed by atoms with Crippen molar-refractivity contribution in [2.24, 2.45) is 0 Å². The quantitative estimate of drug-likeness (QED) is 0.311. The predicted molar refractivity (Wildman–Crippen MR) is 125 cm³/mol. The van der Waals surface area contributed by atoms with E-state index in [9.17, 15) is 4.79 Å². The number of fused-ring (bicyclic) bond motifs is 1. The topological polar surface area (TPSA) is 35.5 Å². The van der Waals surface area contributed by atoms with Crippen molar-refractivity contribution in [3.8, 4) is 5.75 Å². The molecule has 0 atom stereocenters. The fourth-order valence-electron chi connectivity index (χ4n) is 3.69. The lowest BCUT2D eigenvalue weighted by Crippen LogP contribution is -2.24. The van der Waals surface area contributed by atoms with Gasteiger partial charge in [0.05, 0.1) is 16.2 Å². The van der Waals surface area contributed by atoms with E-state index >= 15 is 0 Å². The Morgan fingerprint density at radius 2 is 2.04 bits per heavy atom. The van der Waals surface area contributed by atoms with E-state index < -0.39 is 0 Å². The molecule has 0 radical (unpaired) electrons. The minimum atomic E-state index is -0.352. The summed E-state index contributed by atoms with van der Waals surface area (Å²) in [5, 5.41) is 0. The van der Waals surface area contributed by atoms with E-state index in [-0.39, 0.29) is 11.4 Å². The molecule has 2 aromatic carbocycles. The molecule has 3 rings (SSSR count). The van der Waals surface area contributed by atoms with Gasteiger partial charge in [-0.3, -0.25) is 0 Å². The molecule has 0 bridgehead atoms. The summed E-state index contributed by atoms with van der Waals surface area (Å²) in [5.41, 5.74) is 5.58. The molecule has 0 aromatic heterocycles. The van der Waals surface area contributed by atoms with Gasteiger partial charge in [-0.2, -0.15) is 0 Å². The molecule has 0 N–H and O–H groups in total. The standard InChI is InChI=1S/C23H24BrIO3/c1-14(13-28-21-8-7-16(11-20(21)25)22(26)27-4)17-10-15-6-5-9-23(2,3)18(15)12-19(17)24/h7-8,10-12H,1,5-6,9,13H2,2-4H3. The monoisotopic (exact) mass is 554 g/mol. The predicted octanol–water partition coefficient (Wildman–Crippen LogP) is 6.55. The van der Waals surface area contributed by atoms with Crippen LogP contribution in [0.1, 0.15) is 53.7 Å². The first kappa shape index (κ1) is 21.4. The molecule has 0 amide bonds. The third-order valence-corrected chi connectivity index (χ3v) is 6.80. The van der Waals surface area contributed by atoms with Crippen LogP contribution in [0.3, 0.4) is 0 Å². The second-order valence-electron chi connectivity index (χ2n) is 7.76. The zero-order chi connectivity index (χ0) is 20.5. The van der Waals surface area contributed by atoms with Crippen molar-refractivity contribution in [3.63, 3.8) is 0 Å². The van der Waals surface area contributed by atoms with Crippen LogP contribution in [0.25, 0.3) is 5.57 Å². The first-order chi connectivity index (χ1) is 13.2. The normalized spacial score (nSPS) is 14.9. The van der Waals surface area contributed by atoms with Crippen molar-refractivity contribution < 1.29 is 14.3 Å². The van der Waals surface area contributed by atoms with Crippen LogP contribution in [0.4, 0.5) is 0 Å². The van der Waals surface area contributed by atoms with Crippen molar-refractivity contribution in [2.45, 2.75) is 38.5 Å². The largest absolute Gasteiger partial charge is 0.488 e. The molecule has 1 aliphatic carbocycles. The van der Waals surface area contributed by atoms with Gasteiger partial charge < -0.3 is 9.47 Å². The van der Waals surface area contributed by atoms with E-state index in [4.69, 9.17) is 9.47 Å². The van der Waals surface area contributed by atoms with E-state index in [1.54, 1.807) is 18.2 Å². The zero-order valence-corrected chi connectivity index (χ0v) is 20.1. The number of carbonyl (C=O) groups is 1. The molecule has 1 aliphatic rings. The van der Waals surface area contributed by atoms with Gasteiger partial charge in [0.1, 0.15) is 12.4 Å². The summed E-state index contributed by atoms with van der Waals surface area (Å²) in [6, 6.07) is 9.79. The Morgan fingerprint density at radius 3 is 2.71 bits per heavy atom. The number of methoxy groups -OCH3 is 1. The molecule has 2 aromatic rings.